The molecule has 1 aliphatic heterocycles. The van der Waals surface area contributed by atoms with Crippen molar-refractivity contribution in [2.24, 2.45) is 0 Å². The summed E-state index contributed by atoms with van der Waals surface area (Å²) in [5, 5.41) is 7.26. The third kappa shape index (κ3) is 2.78. The highest BCUT2D eigenvalue weighted by Gasteiger charge is 2.51. The molecule has 0 N–H and O–H groups in total. The fraction of sp³-hybridized carbons (Fsp3) is 0.111. The zero-order chi connectivity index (χ0) is 20.1. The predicted octanol–water partition coefficient (Wildman–Crippen LogP) is 5.12. The van der Waals surface area contributed by atoms with Crippen molar-refractivity contribution in [2.75, 3.05) is 0 Å². The zero-order valence-electron chi connectivity index (χ0n) is 17.3. The molecule has 0 saturated carbocycles. The van der Waals surface area contributed by atoms with E-state index in [0.29, 0.717) is 0 Å². The number of hydrogen-bond acceptors (Lipinski definition) is 0. The van der Waals surface area contributed by atoms with Crippen LogP contribution in [0.15, 0.2) is 102 Å². The molecule has 4 aromatic carbocycles. The van der Waals surface area contributed by atoms with E-state index in [9.17, 15) is 0 Å². The summed E-state index contributed by atoms with van der Waals surface area (Å²) in [6, 6.07) is 36.4. The third-order valence-electron chi connectivity index (χ3n) is 6.25. The van der Waals surface area contributed by atoms with E-state index in [1.165, 1.54) is 26.7 Å². The quantitative estimate of drug-likeness (QED) is 0.414. The van der Waals surface area contributed by atoms with Crippen LogP contribution in [0.1, 0.15) is 5.56 Å². The normalized spacial score (nSPS) is 15.2. The molecule has 1 aliphatic rings. The van der Waals surface area contributed by atoms with E-state index in [1.54, 1.807) is 10.0 Å². The van der Waals surface area contributed by atoms with Crippen molar-refractivity contribution in [1.82, 2.24) is 0 Å². The maximum Gasteiger partial charge on any atom is 0.172 e. The van der Waals surface area contributed by atoms with Crippen molar-refractivity contribution in [2.45, 2.75) is 19.6 Å². The molecule has 0 atom stereocenters. The van der Waals surface area contributed by atoms with Gasteiger partial charge in [-0.3, -0.25) is 0 Å². The Morgan fingerprint density at radius 2 is 1.07 bits per heavy atom. The summed E-state index contributed by atoms with van der Waals surface area (Å²) in [5.41, 5.74) is 1.43. The number of benzene rings is 4. The van der Waals surface area contributed by atoms with Crippen LogP contribution in [0.3, 0.4) is 0 Å². The highest BCUT2D eigenvalue weighted by molar-refractivity contribution is 7.26. The van der Waals surface area contributed by atoms with Crippen molar-refractivity contribution < 1.29 is 0 Å². The third-order valence-corrected chi connectivity index (χ3v) is 16.0. The molecule has 5 rings (SSSR count). The molecular formula is C27H26Si2. The van der Waals surface area contributed by atoms with Gasteiger partial charge in [0.1, 0.15) is 0 Å². The van der Waals surface area contributed by atoms with Crippen LogP contribution < -0.4 is 15.6 Å². The van der Waals surface area contributed by atoms with E-state index in [4.69, 9.17) is 0 Å². The average molecular weight is 407 g/mol. The second kappa shape index (κ2) is 6.68. The molecule has 0 aromatic heterocycles. The minimum Gasteiger partial charge on any atom is -0.0776 e. The van der Waals surface area contributed by atoms with E-state index < -0.39 is 16.1 Å². The van der Waals surface area contributed by atoms with Crippen LogP contribution in [0.4, 0.5) is 0 Å². The van der Waals surface area contributed by atoms with Crippen LogP contribution in [0.2, 0.25) is 19.6 Å². The highest BCUT2D eigenvalue weighted by Crippen LogP contribution is 2.35. The maximum atomic E-state index is 2.57. The minimum atomic E-state index is -2.26. The Morgan fingerprint density at radius 1 is 0.586 bits per heavy atom. The van der Waals surface area contributed by atoms with Crippen molar-refractivity contribution >= 4 is 48.6 Å². The van der Waals surface area contributed by atoms with Crippen LogP contribution in [0.25, 0.3) is 16.8 Å². The van der Waals surface area contributed by atoms with Crippen molar-refractivity contribution in [3.05, 3.63) is 107 Å². The van der Waals surface area contributed by atoms with Crippen LogP contribution in [-0.2, 0) is 0 Å². The Kier molecular flexibility index (Phi) is 4.23. The van der Waals surface area contributed by atoms with Gasteiger partial charge in [-0.25, -0.2) is 0 Å². The fourth-order valence-electron chi connectivity index (χ4n) is 5.05. The molecule has 0 spiro atoms. The Labute approximate surface area is 175 Å². The van der Waals surface area contributed by atoms with E-state index in [-0.39, 0.29) is 0 Å². The second-order valence-electron chi connectivity index (χ2n) is 9.08. The van der Waals surface area contributed by atoms with E-state index in [0.717, 1.165) is 0 Å². The molecule has 2 heteroatoms. The lowest BCUT2D eigenvalue weighted by molar-refractivity contribution is 1.68. The van der Waals surface area contributed by atoms with Crippen LogP contribution in [-0.4, -0.2) is 16.1 Å². The SMILES string of the molecule is C[Si](C)(C)C1=Cc2cc3ccccc3cc2[Si]1(c1ccccc1)c1ccccc1. The first-order valence-corrected chi connectivity index (χ1v) is 15.9. The van der Waals surface area contributed by atoms with Crippen LogP contribution in [0.5, 0.6) is 0 Å². The standard InChI is InChI=1S/C27H26Si2/c1-28(2,3)27-20-23-18-21-12-10-11-13-22(21)19-26(23)29(27,24-14-6-4-7-15-24)25-16-8-5-9-17-25/h4-20H,1-3H3. The lowest BCUT2D eigenvalue weighted by Gasteiger charge is -2.38. The Balaban J connectivity index is 1.95. The summed E-state index contributed by atoms with van der Waals surface area (Å²) >= 11 is 0. The Bertz CT molecular complexity index is 1180. The van der Waals surface area contributed by atoms with Crippen molar-refractivity contribution in [3.8, 4) is 0 Å². The monoisotopic (exact) mass is 406 g/mol. The van der Waals surface area contributed by atoms with Gasteiger partial charge in [0.05, 0.1) is 8.07 Å². The van der Waals surface area contributed by atoms with Gasteiger partial charge < -0.3 is 0 Å². The van der Waals surface area contributed by atoms with Crippen molar-refractivity contribution in [3.63, 3.8) is 0 Å². The number of hydrogen-bond donors (Lipinski definition) is 0. The van der Waals surface area contributed by atoms with Crippen LogP contribution >= 0.6 is 0 Å². The van der Waals surface area contributed by atoms with Gasteiger partial charge in [0.2, 0.25) is 0 Å². The smallest absolute Gasteiger partial charge is 0.0776 e. The highest BCUT2D eigenvalue weighted by atomic mass is 28.4. The van der Waals surface area contributed by atoms with Gasteiger partial charge in [-0.1, -0.05) is 122 Å². The molecule has 0 aliphatic carbocycles. The summed E-state index contributed by atoms with van der Waals surface area (Å²) in [6.45, 7) is 7.54. The number of rotatable bonds is 3. The molecule has 0 saturated heterocycles. The molecule has 0 bridgehead atoms. The molecular weight excluding hydrogens is 380 g/mol. The summed E-state index contributed by atoms with van der Waals surface area (Å²) in [5.74, 6) is 0. The molecule has 0 fully saturated rings. The first-order chi connectivity index (χ1) is 14.0. The van der Waals surface area contributed by atoms with E-state index >= 15 is 0 Å². The first-order valence-electron chi connectivity index (χ1n) is 10.4. The average Bonchev–Trinajstić information content (AvgIpc) is 3.09. The van der Waals surface area contributed by atoms with E-state index in [1.807, 2.05) is 0 Å². The van der Waals surface area contributed by atoms with Crippen LogP contribution in [0, 0.1) is 0 Å². The lowest BCUT2D eigenvalue weighted by atomic mass is 10.1. The minimum absolute atomic E-state index is 1.34. The first kappa shape index (κ1) is 18.3. The van der Waals surface area contributed by atoms with Gasteiger partial charge in [0.15, 0.2) is 8.07 Å². The Morgan fingerprint density at radius 3 is 1.59 bits per heavy atom. The van der Waals surface area contributed by atoms with Gasteiger partial charge in [-0.05, 0) is 38.0 Å². The molecule has 0 unspecified atom stereocenters. The molecule has 142 valence electrons. The summed E-state index contributed by atoms with van der Waals surface area (Å²) in [7, 11) is -3.84. The largest absolute Gasteiger partial charge is 0.172 e. The van der Waals surface area contributed by atoms with Gasteiger partial charge in [0, 0.05) is 0 Å². The predicted molar refractivity (Wildman–Crippen MR) is 133 cm³/mol. The lowest BCUT2D eigenvalue weighted by Crippen LogP contribution is -2.70. The molecule has 4 aromatic rings. The molecule has 0 radical (unpaired) electrons. The fourth-order valence-corrected chi connectivity index (χ4v) is 16.0. The number of fused-ring (bicyclic) bond motifs is 2. The van der Waals surface area contributed by atoms with Crippen molar-refractivity contribution in [1.29, 1.82) is 0 Å². The summed E-state index contributed by atoms with van der Waals surface area (Å²) < 4.78 is 0. The second-order valence-corrected chi connectivity index (χ2v) is 18.3. The van der Waals surface area contributed by atoms with Gasteiger partial charge >= 0.3 is 0 Å². The maximum absolute atomic E-state index is 2.57. The van der Waals surface area contributed by atoms with Gasteiger partial charge in [-0.2, -0.15) is 0 Å². The van der Waals surface area contributed by atoms with E-state index in [2.05, 4.69) is 123 Å². The molecule has 1 heterocycles. The Hall–Kier alpha value is -2.69. The van der Waals surface area contributed by atoms with Gasteiger partial charge in [0.25, 0.3) is 0 Å². The topological polar surface area (TPSA) is 0 Å². The van der Waals surface area contributed by atoms with Gasteiger partial charge in [-0.15, -0.1) is 0 Å². The molecule has 0 nitrogen and oxygen atoms in total. The summed E-state index contributed by atoms with van der Waals surface area (Å²) in [6.07, 6.45) is 2.57. The summed E-state index contributed by atoms with van der Waals surface area (Å²) in [4.78, 5) is 1.73. The molecule has 29 heavy (non-hydrogen) atoms. The zero-order valence-corrected chi connectivity index (χ0v) is 19.3. The molecule has 0 amide bonds.